The molecule has 1 aromatic carbocycles. The summed E-state index contributed by atoms with van der Waals surface area (Å²) in [4.78, 5) is 16.2. The highest BCUT2D eigenvalue weighted by molar-refractivity contribution is 6.30. The van der Waals surface area contributed by atoms with Gasteiger partial charge in [0.25, 0.3) is 0 Å². The molecule has 0 bridgehead atoms. The summed E-state index contributed by atoms with van der Waals surface area (Å²) in [7, 11) is 1.48. The second-order valence-electron chi connectivity index (χ2n) is 3.92. The topological polar surface area (TPSA) is 51.2 Å². The van der Waals surface area contributed by atoms with Crippen LogP contribution in [0.4, 0.5) is 5.82 Å². The predicted molar refractivity (Wildman–Crippen MR) is 78.7 cm³/mol. The zero-order valence-electron chi connectivity index (χ0n) is 10.8. The van der Waals surface area contributed by atoms with Gasteiger partial charge in [0.15, 0.2) is 11.7 Å². The van der Waals surface area contributed by atoms with Gasteiger partial charge in [-0.3, -0.25) is 4.79 Å². The summed E-state index contributed by atoms with van der Waals surface area (Å²) in [5.41, 5.74) is 0.534. The fourth-order valence-electron chi connectivity index (χ4n) is 1.53. The van der Waals surface area contributed by atoms with Gasteiger partial charge in [-0.1, -0.05) is 17.7 Å². The molecular formula is C15H13ClN2O2. The van der Waals surface area contributed by atoms with Crippen molar-refractivity contribution in [2.45, 2.75) is 0 Å². The van der Waals surface area contributed by atoms with Crippen LogP contribution in [0.1, 0.15) is 10.4 Å². The lowest BCUT2D eigenvalue weighted by molar-refractivity contribution is 0.104. The monoisotopic (exact) mass is 288 g/mol. The van der Waals surface area contributed by atoms with Crippen molar-refractivity contribution in [1.82, 2.24) is 4.98 Å². The number of methoxy groups -OCH3 is 1. The molecule has 0 saturated carbocycles. The van der Waals surface area contributed by atoms with Crippen LogP contribution in [0.5, 0.6) is 0 Å². The molecule has 0 saturated heterocycles. The van der Waals surface area contributed by atoms with Crippen LogP contribution in [0, 0.1) is 0 Å². The largest absolute Gasteiger partial charge is 0.482 e. The second-order valence-corrected chi connectivity index (χ2v) is 4.36. The van der Waals surface area contributed by atoms with Crippen LogP contribution in [0.3, 0.4) is 0 Å². The Labute approximate surface area is 122 Å². The number of nitrogens with zero attached hydrogens (tertiary/aromatic N) is 1. The van der Waals surface area contributed by atoms with E-state index in [2.05, 4.69) is 10.3 Å². The maximum Gasteiger partial charge on any atom is 0.195 e. The number of benzene rings is 1. The summed E-state index contributed by atoms with van der Waals surface area (Å²) < 4.78 is 5.13. The molecule has 0 aliphatic rings. The average Bonchev–Trinajstić information content (AvgIpc) is 2.48. The molecule has 0 aliphatic carbocycles. The number of hydrogen-bond acceptors (Lipinski definition) is 4. The third-order valence-corrected chi connectivity index (χ3v) is 2.78. The molecule has 0 amide bonds. The standard InChI is InChI=1S/C15H13ClN2O2/c1-20-15(18-14-4-2-3-9-17-14)10-13(19)11-5-7-12(16)8-6-11/h2-10H,1H3,(H,17,18)/b15-10-. The number of carbonyl (C=O) groups is 1. The molecule has 1 aromatic heterocycles. The van der Waals surface area contributed by atoms with Gasteiger partial charge in [-0.2, -0.15) is 0 Å². The number of anilines is 1. The van der Waals surface area contributed by atoms with Crippen molar-refractivity contribution in [3.05, 3.63) is 71.2 Å². The zero-order valence-corrected chi connectivity index (χ0v) is 11.6. The van der Waals surface area contributed by atoms with Gasteiger partial charge in [0.05, 0.1) is 7.11 Å². The number of hydrogen-bond donors (Lipinski definition) is 1. The molecule has 102 valence electrons. The zero-order chi connectivity index (χ0) is 14.4. The lowest BCUT2D eigenvalue weighted by Gasteiger charge is -2.08. The molecule has 0 fully saturated rings. The lowest BCUT2D eigenvalue weighted by Crippen LogP contribution is -2.06. The number of allylic oxidation sites excluding steroid dienone is 1. The molecule has 0 atom stereocenters. The van der Waals surface area contributed by atoms with E-state index >= 15 is 0 Å². The van der Waals surface area contributed by atoms with Crippen molar-refractivity contribution in [2.75, 3.05) is 12.4 Å². The Balaban J connectivity index is 2.14. The molecule has 2 rings (SSSR count). The van der Waals surface area contributed by atoms with Gasteiger partial charge in [0.1, 0.15) is 5.82 Å². The number of aromatic nitrogens is 1. The third kappa shape index (κ3) is 3.83. The van der Waals surface area contributed by atoms with Crippen molar-refractivity contribution in [2.24, 2.45) is 0 Å². The van der Waals surface area contributed by atoms with E-state index in [9.17, 15) is 4.79 Å². The van der Waals surface area contributed by atoms with E-state index in [1.807, 2.05) is 6.07 Å². The van der Waals surface area contributed by atoms with Crippen molar-refractivity contribution >= 4 is 23.2 Å². The number of rotatable bonds is 5. The van der Waals surface area contributed by atoms with E-state index in [0.717, 1.165) is 0 Å². The number of carbonyl (C=O) groups excluding carboxylic acids is 1. The van der Waals surface area contributed by atoms with Crippen molar-refractivity contribution in [1.29, 1.82) is 0 Å². The van der Waals surface area contributed by atoms with Crippen LogP contribution in [0.25, 0.3) is 0 Å². The Morgan fingerprint density at radius 3 is 2.60 bits per heavy atom. The quantitative estimate of drug-likeness (QED) is 0.519. The predicted octanol–water partition coefficient (Wildman–Crippen LogP) is 3.52. The normalized spacial score (nSPS) is 11.0. The minimum atomic E-state index is -0.179. The fraction of sp³-hybridized carbons (Fsp3) is 0.0667. The second kappa shape index (κ2) is 6.73. The Hall–Kier alpha value is -2.33. The highest BCUT2D eigenvalue weighted by Gasteiger charge is 2.06. The van der Waals surface area contributed by atoms with Gasteiger partial charge in [-0.05, 0) is 36.4 Å². The first-order valence-electron chi connectivity index (χ1n) is 5.92. The molecule has 0 radical (unpaired) electrons. The maximum atomic E-state index is 12.1. The molecule has 1 heterocycles. The van der Waals surface area contributed by atoms with Crippen LogP contribution in [0.15, 0.2) is 60.6 Å². The highest BCUT2D eigenvalue weighted by atomic mass is 35.5. The van der Waals surface area contributed by atoms with E-state index < -0.39 is 0 Å². The van der Waals surface area contributed by atoms with Crippen molar-refractivity contribution in [3.63, 3.8) is 0 Å². The van der Waals surface area contributed by atoms with Gasteiger partial charge in [-0.15, -0.1) is 0 Å². The maximum absolute atomic E-state index is 12.1. The van der Waals surface area contributed by atoms with Crippen molar-refractivity contribution < 1.29 is 9.53 Å². The third-order valence-electron chi connectivity index (χ3n) is 2.53. The lowest BCUT2D eigenvalue weighted by atomic mass is 10.1. The Morgan fingerprint density at radius 1 is 1.25 bits per heavy atom. The minimum absolute atomic E-state index is 0.179. The Kier molecular flexibility index (Phi) is 4.74. The van der Waals surface area contributed by atoms with Crippen LogP contribution >= 0.6 is 11.6 Å². The van der Waals surface area contributed by atoms with Gasteiger partial charge in [0, 0.05) is 22.9 Å². The molecule has 0 spiro atoms. The average molecular weight is 289 g/mol. The summed E-state index contributed by atoms with van der Waals surface area (Å²) in [6, 6.07) is 12.1. The van der Waals surface area contributed by atoms with E-state index in [1.165, 1.54) is 13.2 Å². The Morgan fingerprint density at radius 2 is 2.00 bits per heavy atom. The van der Waals surface area contributed by atoms with E-state index in [-0.39, 0.29) is 5.78 Å². The van der Waals surface area contributed by atoms with Gasteiger partial charge in [0.2, 0.25) is 0 Å². The number of ketones is 1. The molecule has 1 N–H and O–H groups in total. The van der Waals surface area contributed by atoms with Gasteiger partial charge in [-0.25, -0.2) is 4.98 Å². The van der Waals surface area contributed by atoms with E-state index in [0.29, 0.717) is 22.3 Å². The number of nitrogens with one attached hydrogen (secondary N) is 1. The van der Waals surface area contributed by atoms with E-state index in [4.69, 9.17) is 16.3 Å². The summed E-state index contributed by atoms with van der Waals surface area (Å²) in [5.74, 6) is 0.745. The molecular weight excluding hydrogens is 276 g/mol. The first-order chi connectivity index (χ1) is 9.69. The highest BCUT2D eigenvalue weighted by Crippen LogP contribution is 2.12. The minimum Gasteiger partial charge on any atom is -0.482 e. The summed E-state index contributed by atoms with van der Waals surface area (Å²) in [6.07, 6.45) is 3.02. The molecule has 0 unspecified atom stereocenters. The Bertz CT molecular complexity index is 610. The summed E-state index contributed by atoms with van der Waals surface area (Å²) >= 11 is 5.78. The number of pyridine rings is 1. The fourth-order valence-corrected chi connectivity index (χ4v) is 1.65. The number of halogens is 1. The van der Waals surface area contributed by atoms with Gasteiger partial charge >= 0.3 is 0 Å². The molecule has 0 aliphatic heterocycles. The van der Waals surface area contributed by atoms with Crippen LogP contribution in [0.2, 0.25) is 5.02 Å². The number of ether oxygens (including phenoxy) is 1. The molecule has 5 heteroatoms. The molecule has 20 heavy (non-hydrogen) atoms. The van der Waals surface area contributed by atoms with Crippen LogP contribution < -0.4 is 5.32 Å². The SMILES string of the molecule is CO/C(=C\C(=O)c1ccc(Cl)cc1)Nc1ccccn1. The van der Waals surface area contributed by atoms with Crippen LogP contribution in [-0.2, 0) is 4.74 Å². The van der Waals surface area contributed by atoms with Crippen LogP contribution in [-0.4, -0.2) is 17.9 Å². The van der Waals surface area contributed by atoms with E-state index in [1.54, 1.807) is 42.6 Å². The summed E-state index contributed by atoms with van der Waals surface area (Å²) in [6.45, 7) is 0. The molecule has 4 nitrogen and oxygen atoms in total. The summed E-state index contributed by atoms with van der Waals surface area (Å²) in [5, 5.41) is 3.51. The smallest absolute Gasteiger partial charge is 0.195 e. The van der Waals surface area contributed by atoms with Crippen molar-refractivity contribution in [3.8, 4) is 0 Å². The molecule has 2 aromatic rings. The first-order valence-corrected chi connectivity index (χ1v) is 6.30. The van der Waals surface area contributed by atoms with Gasteiger partial charge < -0.3 is 10.1 Å². The first kappa shape index (κ1) is 14.1.